The molecule has 2 heterocycles. The standard InChI is InChI=1S/C31H33N3O2/c1-18-7-9-21(10-8-18)17-34-28(22-11-13-23(14-12-22)31(4,5)6)25-26(32-33-27(25)30(34)36)24-16-19(2)15-20(3)29(24)35/h7-16,28,35H,17H2,1-6H3,(H,32,33). The fourth-order valence-corrected chi connectivity index (χ4v) is 5.11. The normalized spacial score (nSPS) is 15.4. The number of phenolic OH excluding ortho intramolecular Hbond substituents is 1. The van der Waals surface area contributed by atoms with Crippen LogP contribution >= 0.6 is 0 Å². The van der Waals surface area contributed by atoms with Crippen molar-refractivity contribution in [2.45, 2.75) is 59.5 Å². The molecule has 1 amide bonds. The van der Waals surface area contributed by atoms with E-state index in [1.54, 1.807) is 0 Å². The minimum Gasteiger partial charge on any atom is -0.507 e. The fraction of sp³-hybridized carbons (Fsp3) is 0.290. The molecule has 3 aromatic carbocycles. The highest BCUT2D eigenvalue weighted by molar-refractivity contribution is 6.00. The molecule has 1 aromatic heterocycles. The number of aryl methyl sites for hydroxylation is 3. The quantitative estimate of drug-likeness (QED) is 0.340. The Labute approximate surface area is 212 Å². The lowest BCUT2D eigenvalue weighted by molar-refractivity contribution is 0.0730. The van der Waals surface area contributed by atoms with Crippen molar-refractivity contribution in [1.29, 1.82) is 0 Å². The number of aromatic hydroxyl groups is 1. The number of aromatic amines is 1. The van der Waals surface area contributed by atoms with Gasteiger partial charge < -0.3 is 10.0 Å². The molecule has 1 aliphatic rings. The second-order valence-corrected chi connectivity index (χ2v) is 11.0. The number of carbonyl (C=O) groups is 1. The van der Waals surface area contributed by atoms with E-state index in [0.717, 1.165) is 27.8 Å². The molecule has 0 radical (unpaired) electrons. The number of hydrogen-bond acceptors (Lipinski definition) is 3. The van der Waals surface area contributed by atoms with E-state index in [4.69, 9.17) is 0 Å². The maximum Gasteiger partial charge on any atom is 0.273 e. The molecule has 1 atom stereocenters. The van der Waals surface area contributed by atoms with Crippen LogP contribution in [0.1, 0.15) is 76.2 Å². The molecule has 1 unspecified atom stereocenters. The number of fused-ring (bicyclic) bond motifs is 1. The first-order valence-electron chi connectivity index (χ1n) is 12.4. The molecule has 2 N–H and O–H groups in total. The summed E-state index contributed by atoms with van der Waals surface area (Å²) in [6.07, 6.45) is 0. The van der Waals surface area contributed by atoms with Gasteiger partial charge in [-0.2, -0.15) is 5.10 Å². The fourth-order valence-electron chi connectivity index (χ4n) is 5.11. The number of H-pyrrole nitrogens is 1. The summed E-state index contributed by atoms with van der Waals surface area (Å²) in [6, 6.07) is 20.4. The highest BCUT2D eigenvalue weighted by Crippen LogP contribution is 2.46. The van der Waals surface area contributed by atoms with E-state index in [9.17, 15) is 9.90 Å². The van der Waals surface area contributed by atoms with Crippen LogP contribution in [0.4, 0.5) is 0 Å². The Balaban J connectivity index is 1.67. The average molecular weight is 480 g/mol. The lowest BCUT2D eigenvalue weighted by atomic mass is 9.85. The average Bonchev–Trinajstić information content (AvgIpc) is 3.36. The number of benzene rings is 3. The monoisotopic (exact) mass is 479 g/mol. The number of aromatic nitrogens is 2. The van der Waals surface area contributed by atoms with E-state index in [1.807, 2.05) is 30.9 Å². The Morgan fingerprint density at radius 1 is 0.944 bits per heavy atom. The highest BCUT2D eigenvalue weighted by atomic mass is 16.3. The molecule has 36 heavy (non-hydrogen) atoms. The molecule has 1 aliphatic heterocycles. The van der Waals surface area contributed by atoms with Crippen LogP contribution in [0.2, 0.25) is 0 Å². The third kappa shape index (κ3) is 4.09. The van der Waals surface area contributed by atoms with Crippen LogP contribution in [-0.2, 0) is 12.0 Å². The first-order chi connectivity index (χ1) is 17.0. The minimum atomic E-state index is -0.322. The van der Waals surface area contributed by atoms with E-state index in [1.165, 1.54) is 11.1 Å². The molecule has 184 valence electrons. The van der Waals surface area contributed by atoms with Gasteiger partial charge in [-0.1, -0.05) is 80.9 Å². The van der Waals surface area contributed by atoms with E-state index < -0.39 is 0 Å². The number of amides is 1. The maximum atomic E-state index is 13.7. The van der Waals surface area contributed by atoms with Gasteiger partial charge in [0.2, 0.25) is 0 Å². The molecule has 5 heteroatoms. The summed E-state index contributed by atoms with van der Waals surface area (Å²) in [5.74, 6) is 0.110. The largest absolute Gasteiger partial charge is 0.507 e. The summed E-state index contributed by atoms with van der Waals surface area (Å²) in [5, 5.41) is 18.5. The van der Waals surface area contributed by atoms with Gasteiger partial charge in [0, 0.05) is 17.7 Å². The van der Waals surface area contributed by atoms with Gasteiger partial charge in [-0.15, -0.1) is 0 Å². The Morgan fingerprint density at radius 3 is 2.25 bits per heavy atom. The molecule has 0 fully saturated rings. The van der Waals surface area contributed by atoms with Gasteiger partial charge in [0.1, 0.15) is 17.1 Å². The summed E-state index contributed by atoms with van der Waals surface area (Å²) in [4.78, 5) is 15.6. The first kappa shape index (κ1) is 23.9. The summed E-state index contributed by atoms with van der Waals surface area (Å²) in [7, 11) is 0. The van der Waals surface area contributed by atoms with Crippen LogP contribution in [0.5, 0.6) is 5.75 Å². The Morgan fingerprint density at radius 2 is 1.61 bits per heavy atom. The smallest absolute Gasteiger partial charge is 0.273 e. The van der Waals surface area contributed by atoms with Crippen molar-refractivity contribution < 1.29 is 9.90 Å². The number of phenols is 1. The second-order valence-electron chi connectivity index (χ2n) is 11.0. The second kappa shape index (κ2) is 8.66. The van der Waals surface area contributed by atoms with Gasteiger partial charge in [0.05, 0.1) is 6.04 Å². The van der Waals surface area contributed by atoms with Crippen molar-refractivity contribution in [3.8, 4) is 17.0 Å². The Kier molecular flexibility index (Phi) is 5.74. The summed E-state index contributed by atoms with van der Waals surface area (Å²) in [5.41, 5.74) is 8.93. The van der Waals surface area contributed by atoms with Crippen molar-refractivity contribution in [3.05, 3.63) is 105 Å². The van der Waals surface area contributed by atoms with Crippen LogP contribution in [0.25, 0.3) is 11.3 Å². The van der Waals surface area contributed by atoms with Gasteiger partial charge in [-0.05, 0) is 60.1 Å². The van der Waals surface area contributed by atoms with E-state index in [-0.39, 0.29) is 23.1 Å². The van der Waals surface area contributed by atoms with Crippen molar-refractivity contribution in [2.24, 2.45) is 0 Å². The van der Waals surface area contributed by atoms with Gasteiger partial charge >= 0.3 is 0 Å². The number of carbonyl (C=O) groups excluding carboxylic acids is 1. The number of hydrogen-bond donors (Lipinski definition) is 2. The lowest BCUT2D eigenvalue weighted by Gasteiger charge is -2.27. The molecule has 0 bridgehead atoms. The lowest BCUT2D eigenvalue weighted by Crippen LogP contribution is -2.29. The van der Waals surface area contributed by atoms with Crippen LogP contribution in [0, 0.1) is 20.8 Å². The predicted molar refractivity (Wildman–Crippen MR) is 143 cm³/mol. The number of nitrogens with zero attached hydrogens (tertiary/aromatic N) is 2. The zero-order valence-electron chi connectivity index (χ0n) is 21.8. The molecular weight excluding hydrogens is 446 g/mol. The van der Waals surface area contributed by atoms with Gasteiger partial charge in [-0.25, -0.2) is 0 Å². The predicted octanol–water partition coefficient (Wildman–Crippen LogP) is 6.75. The molecular formula is C31H33N3O2. The third-order valence-corrected chi connectivity index (χ3v) is 7.13. The van der Waals surface area contributed by atoms with Gasteiger partial charge in [0.25, 0.3) is 5.91 Å². The van der Waals surface area contributed by atoms with Crippen LogP contribution in [0.15, 0.2) is 60.7 Å². The summed E-state index contributed by atoms with van der Waals surface area (Å²) >= 11 is 0. The van der Waals surface area contributed by atoms with E-state index >= 15 is 0 Å². The Bertz CT molecular complexity index is 1440. The van der Waals surface area contributed by atoms with Crippen LogP contribution in [0.3, 0.4) is 0 Å². The minimum absolute atomic E-state index is 0.0302. The van der Waals surface area contributed by atoms with Crippen molar-refractivity contribution >= 4 is 5.91 Å². The molecule has 0 aliphatic carbocycles. The van der Waals surface area contributed by atoms with E-state index in [2.05, 4.69) is 86.4 Å². The summed E-state index contributed by atoms with van der Waals surface area (Å²) < 4.78 is 0. The van der Waals surface area contributed by atoms with Crippen molar-refractivity contribution in [2.75, 3.05) is 0 Å². The molecule has 0 saturated heterocycles. The van der Waals surface area contributed by atoms with Gasteiger partial charge in [0.15, 0.2) is 0 Å². The molecule has 5 nitrogen and oxygen atoms in total. The van der Waals surface area contributed by atoms with Crippen molar-refractivity contribution in [1.82, 2.24) is 15.1 Å². The molecule has 0 saturated carbocycles. The van der Waals surface area contributed by atoms with Crippen LogP contribution in [-0.4, -0.2) is 26.1 Å². The molecule has 4 aromatic rings. The summed E-state index contributed by atoms with van der Waals surface area (Å²) in [6.45, 7) is 13.0. The Hall–Kier alpha value is -3.86. The SMILES string of the molecule is Cc1ccc(CN2C(=O)c3[nH]nc(-c4cc(C)cc(C)c4O)c3C2c2ccc(C(C)(C)C)cc2)cc1. The number of nitrogens with one attached hydrogen (secondary N) is 1. The van der Waals surface area contributed by atoms with Gasteiger partial charge in [-0.3, -0.25) is 9.89 Å². The van der Waals surface area contributed by atoms with Crippen LogP contribution < -0.4 is 0 Å². The topological polar surface area (TPSA) is 69.2 Å². The zero-order valence-corrected chi connectivity index (χ0v) is 21.8. The first-order valence-corrected chi connectivity index (χ1v) is 12.4. The molecule has 5 rings (SSSR count). The maximum absolute atomic E-state index is 13.7. The highest BCUT2D eigenvalue weighted by Gasteiger charge is 2.42. The zero-order chi connectivity index (χ0) is 25.8. The molecule has 0 spiro atoms. The van der Waals surface area contributed by atoms with Crippen molar-refractivity contribution in [3.63, 3.8) is 0 Å². The number of rotatable bonds is 4. The van der Waals surface area contributed by atoms with E-state index in [0.29, 0.717) is 23.5 Å². The third-order valence-electron chi connectivity index (χ3n) is 7.13.